The fraction of sp³-hybridized carbons (Fsp3) is 0.250. The number of amides is 1. The first-order valence-electron chi connectivity index (χ1n) is 10.5. The Morgan fingerprint density at radius 2 is 1.79 bits per heavy atom. The molecule has 0 fully saturated rings. The quantitative estimate of drug-likeness (QED) is 0.447. The number of aryl methyl sites for hydroxylation is 1. The van der Waals surface area contributed by atoms with E-state index in [4.69, 9.17) is 18.9 Å². The highest BCUT2D eigenvalue weighted by molar-refractivity contribution is 7.17. The predicted octanol–water partition coefficient (Wildman–Crippen LogP) is 3.75. The smallest absolute Gasteiger partial charge is 0.350 e. The molecule has 0 spiro atoms. The molecule has 4 rings (SSSR count). The summed E-state index contributed by atoms with van der Waals surface area (Å²) in [7, 11) is 0. The molecule has 1 aliphatic rings. The number of anilines is 1. The zero-order valence-corrected chi connectivity index (χ0v) is 19.4. The molecular formula is C24H22N2O7S. The third-order valence-corrected chi connectivity index (χ3v) is 6.06. The zero-order valence-electron chi connectivity index (χ0n) is 18.6. The molecule has 0 N–H and O–H groups in total. The first-order valence-corrected chi connectivity index (χ1v) is 11.3. The number of carbonyl (C=O) groups is 3. The molecule has 0 bridgehead atoms. The fourth-order valence-electron chi connectivity index (χ4n) is 3.22. The molecule has 1 aliphatic heterocycles. The Morgan fingerprint density at radius 3 is 2.56 bits per heavy atom. The molecule has 0 radical (unpaired) electrons. The second kappa shape index (κ2) is 10.3. The van der Waals surface area contributed by atoms with Crippen LogP contribution in [0.2, 0.25) is 0 Å². The molecule has 0 aliphatic carbocycles. The lowest BCUT2D eigenvalue weighted by atomic mass is 10.2. The fourth-order valence-corrected chi connectivity index (χ4v) is 4.20. The van der Waals surface area contributed by atoms with Gasteiger partial charge in [-0.3, -0.25) is 9.69 Å². The summed E-state index contributed by atoms with van der Waals surface area (Å²) in [5.74, 6) is -0.671. The van der Waals surface area contributed by atoms with Crippen molar-refractivity contribution >= 4 is 34.3 Å². The molecule has 10 heteroatoms. The number of benzene rings is 2. The highest BCUT2D eigenvalue weighted by atomic mass is 32.1. The molecule has 2 aromatic carbocycles. The lowest BCUT2D eigenvalue weighted by Gasteiger charge is -2.20. The molecule has 0 saturated heterocycles. The summed E-state index contributed by atoms with van der Waals surface area (Å²) < 4.78 is 20.9. The number of rotatable bonds is 8. The SMILES string of the molecule is CCOC(=O)c1sc(N(Cc2ccccc2)C(=O)COC(=O)c2ccc3c(c2)OCO3)nc1C. The van der Waals surface area contributed by atoms with Crippen LogP contribution in [-0.4, -0.2) is 42.8 Å². The largest absolute Gasteiger partial charge is 0.462 e. The zero-order chi connectivity index (χ0) is 24.1. The van der Waals surface area contributed by atoms with Crippen LogP contribution in [0.5, 0.6) is 11.5 Å². The first kappa shape index (κ1) is 23.2. The third kappa shape index (κ3) is 5.18. The van der Waals surface area contributed by atoms with E-state index in [2.05, 4.69) is 4.98 Å². The van der Waals surface area contributed by atoms with E-state index in [-0.39, 0.29) is 25.5 Å². The van der Waals surface area contributed by atoms with Crippen molar-refractivity contribution < 1.29 is 33.3 Å². The molecule has 9 nitrogen and oxygen atoms in total. The molecule has 0 unspecified atom stereocenters. The van der Waals surface area contributed by atoms with Crippen molar-refractivity contribution in [3.05, 3.63) is 70.2 Å². The molecule has 3 aromatic rings. The van der Waals surface area contributed by atoms with Gasteiger partial charge < -0.3 is 18.9 Å². The highest BCUT2D eigenvalue weighted by Crippen LogP contribution is 2.33. The van der Waals surface area contributed by atoms with Crippen LogP contribution in [0.1, 0.15) is 38.2 Å². The van der Waals surface area contributed by atoms with E-state index >= 15 is 0 Å². The van der Waals surface area contributed by atoms with E-state index < -0.39 is 24.5 Å². The Morgan fingerprint density at radius 1 is 1.03 bits per heavy atom. The number of ether oxygens (including phenoxy) is 4. The van der Waals surface area contributed by atoms with Gasteiger partial charge in [0.25, 0.3) is 5.91 Å². The Labute approximate surface area is 199 Å². The maximum atomic E-state index is 13.1. The van der Waals surface area contributed by atoms with Crippen molar-refractivity contribution in [3.8, 4) is 11.5 Å². The average molecular weight is 483 g/mol. The van der Waals surface area contributed by atoms with Crippen molar-refractivity contribution in [2.24, 2.45) is 0 Å². The van der Waals surface area contributed by atoms with Crippen molar-refractivity contribution in [1.29, 1.82) is 0 Å². The maximum absolute atomic E-state index is 13.1. The average Bonchev–Trinajstić information content (AvgIpc) is 3.47. The van der Waals surface area contributed by atoms with Crippen molar-refractivity contribution in [3.63, 3.8) is 0 Å². The number of nitrogens with zero attached hydrogens (tertiary/aromatic N) is 2. The molecular weight excluding hydrogens is 460 g/mol. The van der Waals surface area contributed by atoms with Crippen molar-refractivity contribution in [2.45, 2.75) is 20.4 Å². The van der Waals surface area contributed by atoms with Gasteiger partial charge in [-0.1, -0.05) is 41.7 Å². The van der Waals surface area contributed by atoms with E-state index in [0.717, 1.165) is 16.9 Å². The first-order chi connectivity index (χ1) is 16.5. The van der Waals surface area contributed by atoms with Gasteiger partial charge in [0, 0.05) is 0 Å². The van der Waals surface area contributed by atoms with E-state index in [9.17, 15) is 14.4 Å². The Balaban J connectivity index is 1.51. The van der Waals surface area contributed by atoms with Crippen LogP contribution in [0, 0.1) is 6.92 Å². The summed E-state index contributed by atoms with van der Waals surface area (Å²) >= 11 is 1.06. The maximum Gasteiger partial charge on any atom is 0.350 e. The van der Waals surface area contributed by atoms with Gasteiger partial charge in [-0.25, -0.2) is 14.6 Å². The van der Waals surface area contributed by atoms with Gasteiger partial charge in [0.1, 0.15) is 4.88 Å². The summed E-state index contributed by atoms with van der Waals surface area (Å²) in [6, 6.07) is 14.0. The lowest BCUT2D eigenvalue weighted by molar-refractivity contribution is -0.121. The van der Waals surface area contributed by atoms with E-state index in [1.165, 1.54) is 17.0 Å². The van der Waals surface area contributed by atoms with Crippen LogP contribution in [0.15, 0.2) is 48.5 Å². The number of esters is 2. The molecule has 34 heavy (non-hydrogen) atoms. The normalized spacial score (nSPS) is 11.7. The molecule has 0 atom stereocenters. The van der Waals surface area contributed by atoms with Gasteiger partial charge in [0.15, 0.2) is 23.2 Å². The standard InChI is InChI=1S/C24H22N2O7S/c1-3-30-23(29)21-15(2)25-24(34-21)26(12-16-7-5-4-6-8-16)20(27)13-31-22(28)17-9-10-18-19(11-17)33-14-32-18/h4-11H,3,12-14H2,1-2H3. The summed E-state index contributed by atoms with van der Waals surface area (Å²) in [5.41, 5.74) is 1.55. The van der Waals surface area contributed by atoms with Gasteiger partial charge in [-0.15, -0.1) is 0 Å². The van der Waals surface area contributed by atoms with Crippen LogP contribution in [0.4, 0.5) is 5.13 Å². The minimum absolute atomic E-state index is 0.0851. The van der Waals surface area contributed by atoms with E-state index in [0.29, 0.717) is 27.2 Å². The summed E-state index contributed by atoms with van der Waals surface area (Å²) in [6.45, 7) is 3.39. The second-order valence-electron chi connectivity index (χ2n) is 7.24. The summed E-state index contributed by atoms with van der Waals surface area (Å²) in [4.78, 5) is 44.0. The van der Waals surface area contributed by atoms with Crippen LogP contribution in [0.25, 0.3) is 0 Å². The highest BCUT2D eigenvalue weighted by Gasteiger charge is 2.25. The van der Waals surface area contributed by atoms with Gasteiger partial charge >= 0.3 is 11.9 Å². The minimum atomic E-state index is -0.672. The Kier molecular flexibility index (Phi) is 7.07. The summed E-state index contributed by atoms with van der Waals surface area (Å²) in [5, 5.41) is 0.313. The third-order valence-electron chi connectivity index (χ3n) is 4.90. The predicted molar refractivity (Wildman–Crippen MR) is 123 cm³/mol. The van der Waals surface area contributed by atoms with Crippen LogP contribution >= 0.6 is 11.3 Å². The number of fused-ring (bicyclic) bond motifs is 1. The summed E-state index contributed by atoms with van der Waals surface area (Å²) in [6.07, 6.45) is 0. The van der Waals surface area contributed by atoms with Gasteiger partial charge in [0.05, 0.1) is 24.4 Å². The van der Waals surface area contributed by atoms with Gasteiger partial charge in [-0.05, 0) is 37.6 Å². The number of hydrogen-bond donors (Lipinski definition) is 0. The van der Waals surface area contributed by atoms with Crippen LogP contribution < -0.4 is 14.4 Å². The number of thiazole rings is 1. The molecule has 0 saturated carbocycles. The van der Waals surface area contributed by atoms with Crippen molar-refractivity contribution in [2.75, 3.05) is 24.9 Å². The number of aromatic nitrogens is 1. The van der Waals surface area contributed by atoms with Gasteiger partial charge in [0.2, 0.25) is 6.79 Å². The number of hydrogen-bond acceptors (Lipinski definition) is 9. The lowest BCUT2D eigenvalue weighted by Crippen LogP contribution is -2.34. The van der Waals surface area contributed by atoms with Crippen LogP contribution in [-0.2, 0) is 20.8 Å². The van der Waals surface area contributed by atoms with Gasteiger partial charge in [-0.2, -0.15) is 0 Å². The van der Waals surface area contributed by atoms with Crippen molar-refractivity contribution in [1.82, 2.24) is 4.98 Å². The monoisotopic (exact) mass is 482 g/mol. The molecule has 176 valence electrons. The van der Waals surface area contributed by atoms with E-state index in [1.54, 1.807) is 19.9 Å². The Hall–Kier alpha value is -3.92. The number of carbonyl (C=O) groups excluding carboxylic acids is 3. The Bertz CT molecular complexity index is 1210. The molecule has 1 amide bonds. The molecule has 1 aromatic heterocycles. The second-order valence-corrected chi connectivity index (χ2v) is 8.22. The minimum Gasteiger partial charge on any atom is -0.462 e. The topological polar surface area (TPSA) is 104 Å². The van der Waals surface area contributed by atoms with E-state index in [1.807, 2.05) is 30.3 Å². The molecule has 2 heterocycles. The van der Waals surface area contributed by atoms with Crippen LogP contribution in [0.3, 0.4) is 0 Å².